The van der Waals surface area contributed by atoms with E-state index in [1.54, 1.807) is 0 Å². The molecule has 1 saturated heterocycles. The molecule has 0 bridgehead atoms. The van der Waals surface area contributed by atoms with Gasteiger partial charge in [0.15, 0.2) is 0 Å². The van der Waals surface area contributed by atoms with Crippen LogP contribution in [0, 0.1) is 0 Å². The van der Waals surface area contributed by atoms with E-state index in [0.29, 0.717) is 6.04 Å². The molecule has 5 heteroatoms. The maximum absolute atomic E-state index is 5.87. The molecule has 3 rings (SSSR count). The number of nitrogen functional groups attached to an aromatic ring is 1. The molecule has 0 spiro atoms. The number of anilines is 1. The van der Waals surface area contributed by atoms with Gasteiger partial charge in [-0.25, -0.2) is 0 Å². The summed E-state index contributed by atoms with van der Waals surface area (Å²) in [6.07, 6.45) is 5.07. The van der Waals surface area contributed by atoms with Crippen LogP contribution in [0.25, 0.3) is 0 Å². The Bertz CT molecular complexity index is 592. The number of likely N-dealkylation sites (tertiary alicyclic amines) is 1. The molecule has 0 aliphatic carbocycles. The third-order valence-electron chi connectivity index (χ3n) is 4.59. The third kappa shape index (κ3) is 7.00. The Labute approximate surface area is 172 Å². The summed E-state index contributed by atoms with van der Waals surface area (Å²) in [5.41, 5.74) is 7.91. The minimum absolute atomic E-state index is 0. The van der Waals surface area contributed by atoms with Crippen molar-refractivity contribution in [3.63, 3.8) is 0 Å². The summed E-state index contributed by atoms with van der Waals surface area (Å²) in [5, 5.41) is 0. The normalized spacial score (nSPS) is 17.2. The van der Waals surface area contributed by atoms with Crippen LogP contribution in [-0.4, -0.2) is 30.6 Å². The molecular formula is C20H28Br2N2O. The number of hydrogen-bond acceptors (Lipinski definition) is 3. The molecule has 3 nitrogen and oxygen atoms in total. The van der Waals surface area contributed by atoms with Gasteiger partial charge in [0, 0.05) is 18.3 Å². The number of ether oxygens (including phenoxy) is 1. The van der Waals surface area contributed by atoms with Gasteiger partial charge in [-0.3, -0.25) is 4.90 Å². The van der Waals surface area contributed by atoms with E-state index >= 15 is 0 Å². The minimum Gasteiger partial charge on any atom is -0.492 e. The topological polar surface area (TPSA) is 38.5 Å². The first-order valence-corrected chi connectivity index (χ1v) is 8.57. The standard InChI is InChI=1S/C20H26N2O.2BrH/c21-18-9-11-20(12-10-18)23-15-14-22-13-5-4-8-19(22)16-17-6-2-1-3-7-17;;/h1-3,6-7,9-12,19H,4-5,8,13-16,21H2;2*1H. The number of nitrogens with two attached hydrogens (primary N) is 1. The highest BCUT2D eigenvalue weighted by Gasteiger charge is 2.22. The highest BCUT2D eigenvalue weighted by Crippen LogP contribution is 2.21. The van der Waals surface area contributed by atoms with Crippen LogP contribution in [0.4, 0.5) is 5.69 Å². The SMILES string of the molecule is Br.Br.Nc1ccc(OCCN2CCCCC2Cc2ccccc2)cc1. The summed E-state index contributed by atoms with van der Waals surface area (Å²) in [4.78, 5) is 2.59. The second kappa shape index (κ2) is 11.6. The first-order valence-electron chi connectivity index (χ1n) is 8.57. The average Bonchev–Trinajstić information content (AvgIpc) is 2.59. The summed E-state index contributed by atoms with van der Waals surface area (Å²) < 4.78 is 5.87. The molecular weight excluding hydrogens is 444 g/mol. The van der Waals surface area contributed by atoms with Crippen molar-refractivity contribution in [1.29, 1.82) is 0 Å². The van der Waals surface area contributed by atoms with E-state index in [2.05, 4.69) is 35.2 Å². The average molecular weight is 472 g/mol. The molecule has 1 fully saturated rings. The number of hydrogen-bond donors (Lipinski definition) is 1. The Morgan fingerprint density at radius 3 is 2.40 bits per heavy atom. The number of benzene rings is 2. The molecule has 0 aromatic heterocycles. The lowest BCUT2D eigenvalue weighted by Crippen LogP contribution is -2.43. The van der Waals surface area contributed by atoms with Gasteiger partial charge < -0.3 is 10.5 Å². The van der Waals surface area contributed by atoms with Crippen molar-refractivity contribution >= 4 is 39.7 Å². The van der Waals surface area contributed by atoms with Crippen LogP contribution in [0.2, 0.25) is 0 Å². The van der Waals surface area contributed by atoms with Crippen molar-refractivity contribution in [1.82, 2.24) is 4.90 Å². The summed E-state index contributed by atoms with van der Waals surface area (Å²) in [7, 11) is 0. The van der Waals surface area contributed by atoms with Gasteiger partial charge in [0.05, 0.1) is 0 Å². The Morgan fingerprint density at radius 1 is 0.960 bits per heavy atom. The largest absolute Gasteiger partial charge is 0.492 e. The van der Waals surface area contributed by atoms with E-state index in [9.17, 15) is 0 Å². The first kappa shape index (κ1) is 22.0. The van der Waals surface area contributed by atoms with Crippen molar-refractivity contribution < 1.29 is 4.74 Å². The lowest BCUT2D eigenvalue weighted by molar-refractivity contribution is 0.122. The second-order valence-corrected chi connectivity index (χ2v) is 6.29. The Morgan fingerprint density at radius 2 is 1.68 bits per heavy atom. The first-order chi connectivity index (χ1) is 11.3. The van der Waals surface area contributed by atoms with E-state index in [0.717, 1.165) is 31.0 Å². The smallest absolute Gasteiger partial charge is 0.119 e. The summed E-state index contributed by atoms with van der Waals surface area (Å²) in [6, 6.07) is 19.1. The molecule has 1 aliphatic rings. The van der Waals surface area contributed by atoms with Gasteiger partial charge in [0.2, 0.25) is 0 Å². The van der Waals surface area contributed by atoms with Crippen molar-refractivity contribution in [2.75, 3.05) is 25.4 Å². The van der Waals surface area contributed by atoms with Gasteiger partial charge >= 0.3 is 0 Å². The van der Waals surface area contributed by atoms with E-state index in [1.807, 2.05) is 24.3 Å². The molecule has 138 valence electrons. The maximum Gasteiger partial charge on any atom is 0.119 e. The van der Waals surface area contributed by atoms with Crippen molar-refractivity contribution in [3.05, 3.63) is 60.2 Å². The number of rotatable bonds is 6. The van der Waals surface area contributed by atoms with Crippen LogP contribution >= 0.6 is 34.0 Å². The molecule has 2 aromatic rings. The highest BCUT2D eigenvalue weighted by atomic mass is 79.9. The molecule has 0 amide bonds. The second-order valence-electron chi connectivity index (χ2n) is 6.29. The number of nitrogens with zero attached hydrogens (tertiary/aromatic N) is 1. The summed E-state index contributed by atoms with van der Waals surface area (Å²) >= 11 is 0. The van der Waals surface area contributed by atoms with Crippen LogP contribution in [-0.2, 0) is 6.42 Å². The van der Waals surface area contributed by atoms with Crippen LogP contribution in [0.3, 0.4) is 0 Å². The predicted molar refractivity (Wildman–Crippen MR) is 116 cm³/mol. The van der Waals surface area contributed by atoms with Crippen LogP contribution in [0.5, 0.6) is 5.75 Å². The summed E-state index contributed by atoms with van der Waals surface area (Å²) in [5.74, 6) is 0.899. The fourth-order valence-corrected chi connectivity index (χ4v) is 3.32. The van der Waals surface area contributed by atoms with E-state index in [4.69, 9.17) is 10.5 Å². The zero-order chi connectivity index (χ0) is 15.9. The van der Waals surface area contributed by atoms with Gasteiger partial charge in [-0.1, -0.05) is 36.8 Å². The van der Waals surface area contributed by atoms with E-state index in [-0.39, 0.29) is 34.0 Å². The van der Waals surface area contributed by atoms with Gasteiger partial charge in [-0.2, -0.15) is 0 Å². The van der Waals surface area contributed by atoms with Gasteiger partial charge in [0.1, 0.15) is 12.4 Å². The molecule has 2 aromatic carbocycles. The van der Waals surface area contributed by atoms with Gasteiger partial charge in [-0.15, -0.1) is 34.0 Å². The van der Waals surface area contributed by atoms with E-state index in [1.165, 1.54) is 31.4 Å². The molecule has 25 heavy (non-hydrogen) atoms. The van der Waals surface area contributed by atoms with Crippen LogP contribution < -0.4 is 10.5 Å². The molecule has 1 unspecified atom stereocenters. The maximum atomic E-state index is 5.87. The molecule has 2 N–H and O–H groups in total. The molecule has 1 atom stereocenters. The Kier molecular flexibility index (Phi) is 10.2. The van der Waals surface area contributed by atoms with Crippen LogP contribution in [0.15, 0.2) is 54.6 Å². The zero-order valence-electron chi connectivity index (χ0n) is 14.5. The Hall–Kier alpha value is -1.04. The fraction of sp³-hybridized carbons (Fsp3) is 0.400. The van der Waals surface area contributed by atoms with Crippen LogP contribution in [0.1, 0.15) is 24.8 Å². The van der Waals surface area contributed by atoms with Crippen molar-refractivity contribution in [3.8, 4) is 5.75 Å². The van der Waals surface area contributed by atoms with E-state index < -0.39 is 0 Å². The number of halogens is 2. The van der Waals surface area contributed by atoms with Gasteiger partial charge in [0.25, 0.3) is 0 Å². The Balaban J connectivity index is 0.00000156. The fourth-order valence-electron chi connectivity index (χ4n) is 3.32. The van der Waals surface area contributed by atoms with Gasteiger partial charge in [-0.05, 0) is 55.6 Å². The van der Waals surface area contributed by atoms with Crippen molar-refractivity contribution in [2.24, 2.45) is 0 Å². The van der Waals surface area contributed by atoms with Crippen molar-refractivity contribution in [2.45, 2.75) is 31.7 Å². The lowest BCUT2D eigenvalue weighted by atomic mass is 9.96. The predicted octanol–water partition coefficient (Wildman–Crippen LogP) is 4.90. The molecule has 1 heterocycles. The minimum atomic E-state index is 0. The third-order valence-corrected chi connectivity index (χ3v) is 4.59. The molecule has 0 radical (unpaired) electrons. The number of piperidine rings is 1. The summed E-state index contributed by atoms with van der Waals surface area (Å²) in [6.45, 7) is 2.90. The quantitative estimate of drug-likeness (QED) is 0.608. The molecule has 0 saturated carbocycles. The highest BCUT2D eigenvalue weighted by molar-refractivity contribution is 8.93. The lowest BCUT2D eigenvalue weighted by Gasteiger charge is -2.35. The zero-order valence-corrected chi connectivity index (χ0v) is 17.9. The molecule has 1 aliphatic heterocycles. The monoisotopic (exact) mass is 470 g/mol.